The van der Waals surface area contributed by atoms with Crippen LogP contribution in [0, 0.1) is 0 Å². The van der Waals surface area contributed by atoms with E-state index in [-0.39, 0.29) is 0 Å². The maximum atomic E-state index is 12.0. The number of ether oxygens (including phenoxy) is 1. The fraction of sp³-hybridized carbons (Fsp3) is 0.679. The number of aliphatic hydroxyl groups is 4. The van der Waals surface area contributed by atoms with Gasteiger partial charge >= 0.3 is 0 Å². The second-order valence-electron chi connectivity index (χ2n) is 9.14. The van der Waals surface area contributed by atoms with Gasteiger partial charge in [-0.1, -0.05) is 114 Å². The lowest BCUT2D eigenvalue weighted by Gasteiger charge is -2.40. The Morgan fingerprint density at radius 1 is 0.771 bits per heavy atom. The van der Waals surface area contributed by atoms with E-state index in [4.69, 9.17) is 9.84 Å². The molecule has 1 aliphatic heterocycles. The fourth-order valence-corrected chi connectivity index (χ4v) is 3.97. The molecule has 1 fully saturated rings. The highest BCUT2D eigenvalue weighted by atomic mass is 16.6. The van der Waals surface area contributed by atoms with E-state index in [2.05, 4.69) is 18.3 Å². The van der Waals surface area contributed by atoms with Gasteiger partial charge < -0.3 is 30.5 Å². The van der Waals surface area contributed by atoms with E-state index in [1.165, 1.54) is 82.8 Å². The van der Waals surface area contributed by atoms with Crippen LogP contribution >= 0.6 is 0 Å². The number of unbranched alkanes of at least 4 members (excludes halogenated alkanes) is 11. The maximum absolute atomic E-state index is 12.0. The molecule has 0 bridgehead atoms. The van der Waals surface area contributed by atoms with Gasteiger partial charge in [0.2, 0.25) is 5.91 Å². The van der Waals surface area contributed by atoms with Gasteiger partial charge in [0.15, 0.2) is 6.29 Å². The van der Waals surface area contributed by atoms with Gasteiger partial charge in [0.05, 0.1) is 6.61 Å². The van der Waals surface area contributed by atoms with Crippen molar-refractivity contribution in [1.29, 1.82) is 0 Å². The van der Waals surface area contributed by atoms with E-state index in [1.54, 1.807) is 12.2 Å². The maximum Gasteiger partial charge on any atom is 0.244 e. The Balaban J connectivity index is 2.09. The highest BCUT2D eigenvalue weighted by molar-refractivity contribution is 5.88. The Kier molecular flexibility index (Phi) is 18.2. The third-order valence-corrected chi connectivity index (χ3v) is 6.12. The summed E-state index contributed by atoms with van der Waals surface area (Å²) in [6, 6.07) is -1.20. The summed E-state index contributed by atoms with van der Waals surface area (Å²) >= 11 is 0. The number of hydrogen-bond acceptors (Lipinski definition) is 6. The van der Waals surface area contributed by atoms with Crippen molar-refractivity contribution >= 4 is 5.91 Å². The molecule has 0 aromatic carbocycles. The summed E-state index contributed by atoms with van der Waals surface area (Å²) in [6.07, 6.45) is 24.7. The van der Waals surface area contributed by atoms with Gasteiger partial charge in [0.25, 0.3) is 0 Å². The van der Waals surface area contributed by atoms with Crippen molar-refractivity contribution in [3.8, 4) is 0 Å². The third kappa shape index (κ3) is 14.4. The third-order valence-electron chi connectivity index (χ3n) is 6.12. The highest BCUT2D eigenvalue weighted by Gasteiger charge is 2.44. The van der Waals surface area contributed by atoms with Gasteiger partial charge in [0.1, 0.15) is 24.4 Å². The molecule has 7 nitrogen and oxygen atoms in total. The Bertz CT molecular complexity index is 660. The smallest absolute Gasteiger partial charge is 0.244 e. The number of allylic oxidation sites excluding steroid dienone is 7. The van der Waals surface area contributed by atoms with Gasteiger partial charge in [-0.05, 0) is 12.8 Å². The zero-order chi connectivity index (χ0) is 25.7. The van der Waals surface area contributed by atoms with Gasteiger partial charge in [0, 0.05) is 6.08 Å². The first-order valence-electron chi connectivity index (χ1n) is 13.3. The van der Waals surface area contributed by atoms with Crippen LogP contribution in [-0.2, 0) is 9.53 Å². The lowest BCUT2D eigenvalue weighted by molar-refractivity contribution is -0.253. The molecule has 7 heteroatoms. The minimum Gasteiger partial charge on any atom is -0.394 e. The summed E-state index contributed by atoms with van der Waals surface area (Å²) in [6.45, 7) is 1.70. The minimum atomic E-state index is -1.53. The summed E-state index contributed by atoms with van der Waals surface area (Å²) < 4.78 is 5.00. The normalized spacial score (nSPS) is 25.5. The van der Waals surface area contributed by atoms with Crippen LogP contribution < -0.4 is 5.32 Å². The number of amides is 1. The van der Waals surface area contributed by atoms with Crippen molar-refractivity contribution in [2.45, 2.75) is 115 Å². The van der Waals surface area contributed by atoms with Crippen LogP contribution in [0.2, 0.25) is 0 Å². The molecule has 1 heterocycles. The van der Waals surface area contributed by atoms with Crippen molar-refractivity contribution in [1.82, 2.24) is 5.32 Å². The van der Waals surface area contributed by atoms with Crippen molar-refractivity contribution in [3.63, 3.8) is 0 Å². The number of carbonyl (C=O) groups is 1. The molecular formula is C28H47NO6. The number of nitrogens with one attached hydrogen (secondary N) is 1. The highest BCUT2D eigenvalue weighted by Crippen LogP contribution is 2.19. The first kappa shape index (κ1) is 31.3. The SMILES string of the molecule is CCCCCCCCCCCCCC=CC=CC=CC=CC(=O)N[C@H]1C(O)O[C@H](CO)[C@@H](O)[C@@H]1O. The van der Waals surface area contributed by atoms with Crippen LogP contribution in [0.1, 0.15) is 84.0 Å². The molecule has 5 atom stereocenters. The van der Waals surface area contributed by atoms with E-state index >= 15 is 0 Å². The standard InChI is InChI=1S/C28H47NO6/c1-2-3-4-5-6-7-8-9-10-11-12-13-14-15-16-17-18-19-20-21-24(31)29-25-27(33)26(32)23(22-30)35-28(25)34/h14-21,23,25-28,30,32-34H,2-13,22H2,1H3,(H,29,31)/t23-,25-,26-,27-,28?/m1/s1. The zero-order valence-corrected chi connectivity index (χ0v) is 21.3. The Hall–Kier alpha value is -1.77. The van der Waals surface area contributed by atoms with Crippen LogP contribution in [0.3, 0.4) is 0 Å². The number of hydrogen-bond donors (Lipinski definition) is 5. The molecule has 1 amide bonds. The molecule has 1 aliphatic rings. The first-order chi connectivity index (χ1) is 17.0. The molecule has 0 aromatic rings. The Morgan fingerprint density at radius 2 is 1.31 bits per heavy atom. The summed E-state index contributed by atoms with van der Waals surface area (Å²) in [5, 5.41) is 41.2. The van der Waals surface area contributed by atoms with Crippen LogP contribution in [0.25, 0.3) is 0 Å². The van der Waals surface area contributed by atoms with Crippen LogP contribution in [0.5, 0.6) is 0 Å². The fourth-order valence-electron chi connectivity index (χ4n) is 3.97. The number of aliphatic hydroxyl groups excluding tert-OH is 4. The van der Waals surface area contributed by atoms with E-state index in [0.29, 0.717) is 0 Å². The Morgan fingerprint density at radius 3 is 1.91 bits per heavy atom. The van der Waals surface area contributed by atoms with Crippen molar-refractivity contribution in [3.05, 3.63) is 48.6 Å². The van der Waals surface area contributed by atoms with Gasteiger partial charge in [-0.15, -0.1) is 0 Å². The van der Waals surface area contributed by atoms with Gasteiger partial charge in [-0.2, -0.15) is 0 Å². The minimum absolute atomic E-state index is 0.549. The van der Waals surface area contributed by atoms with Crippen molar-refractivity contribution < 1.29 is 30.0 Å². The molecule has 1 unspecified atom stereocenters. The molecule has 0 radical (unpaired) electrons. The van der Waals surface area contributed by atoms with E-state index in [1.807, 2.05) is 18.2 Å². The van der Waals surface area contributed by atoms with Crippen LogP contribution in [0.4, 0.5) is 0 Å². The topological polar surface area (TPSA) is 119 Å². The second kappa shape index (κ2) is 20.4. The van der Waals surface area contributed by atoms with Crippen molar-refractivity contribution in [2.75, 3.05) is 6.61 Å². The van der Waals surface area contributed by atoms with E-state index in [9.17, 15) is 20.1 Å². The quantitative estimate of drug-likeness (QED) is 0.112. The van der Waals surface area contributed by atoms with Crippen LogP contribution in [0.15, 0.2) is 48.6 Å². The van der Waals surface area contributed by atoms with E-state index in [0.717, 1.165) is 6.42 Å². The summed E-state index contributed by atoms with van der Waals surface area (Å²) in [4.78, 5) is 12.0. The van der Waals surface area contributed by atoms with Gasteiger partial charge in [-0.3, -0.25) is 4.79 Å². The lowest BCUT2D eigenvalue weighted by atomic mass is 9.97. The van der Waals surface area contributed by atoms with Crippen LogP contribution in [-0.4, -0.2) is 63.6 Å². The molecule has 35 heavy (non-hydrogen) atoms. The zero-order valence-electron chi connectivity index (χ0n) is 21.3. The number of carbonyl (C=O) groups excluding carboxylic acids is 1. The average molecular weight is 494 g/mol. The molecule has 0 spiro atoms. The molecule has 0 aromatic heterocycles. The van der Waals surface area contributed by atoms with Crippen molar-refractivity contribution in [2.24, 2.45) is 0 Å². The molecule has 1 rings (SSSR count). The average Bonchev–Trinajstić information content (AvgIpc) is 2.85. The molecule has 5 N–H and O–H groups in total. The summed E-state index contributed by atoms with van der Waals surface area (Å²) in [5.74, 6) is -0.549. The lowest BCUT2D eigenvalue weighted by Crippen LogP contribution is -2.64. The van der Waals surface area contributed by atoms with Gasteiger partial charge in [-0.25, -0.2) is 0 Å². The van der Waals surface area contributed by atoms with E-state index < -0.39 is 43.2 Å². The summed E-state index contributed by atoms with van der Waals surface area (Å²) in [5.41, 5.74) is 0. The predicted octanol–water partition coefficient (Wildman–Crippen LogP) is 3.83. The second-order valence-corrected chi connectivity index (χ2v) is 9.14. The number of rotatable bonds is 18. The Labute approximate surface area is 211 Å². The largest absolute Gasteiger partial charge is 0.394 e. The molecule has 1 saturated heterocycles. The molecule has 0 saturated carbocycles. The monoisotopic (exact) mass is 493 g/mol. The predicted molar refractivity (Wildman–Crippen MR) is 140 cm³/mol. The molecule has 0 aliphatic carbocycles. The summed E-state index contributed by atoms with van der Waals surface area (Å²) in [7, 11) is 0. The molecule has 200 valence electrons. The molecular weight excluding hydrogens is 446 g/mol. The first-order valence-corrected chi connectivity index (χ1v) is 13.3.